The second-order valence-electron chi connectivity index (χ2n) is 4.12. The Balaban J connectivity index is 2.49. The number of halogens is 2. The van der Waals surface area contributed by atoms with E-state index in [4.69, 9.17) is 10.5 Å². The summed E-state index contributed by atoms with van der Waals surface area (Å²) in [4.78, 5) is -1.09. The Kier molecular flexibility index (Phi) is 3.99. The van der Waals surface area contributed by atoms with Gasteiger partial charge in [-0.15, -0.1) is 0 Å². The van der Waals surface area contributed by atoms with E-state index in [-0.39, 0.29) is 17.1 Å². The lowest BCUT2D eigenvalue weighted by molar-refractivity contribution is 0.417. The van der Waals surface area contributed by atoms with Crippen LogP contribution in [0.25, 0.3) is 0 Å². The zero-order valence-corrected chi connectivity index (χ0v) is 11.7. The molecule has 21 heavy (non-hydrogen) atoms. The second-order valence-corrected chi connectivity index (χ2v) is 5.74. The van der Waals surface area contributed by atoms with Gasteiger partial charge < -0.3 is 10.5 Å². The molecule has 0 amide bonds. The number of ether oxygens (including phenoxy) is 1. The first-order valence-corrected chi connectivity index (χ1v) is 7.24. The van der Waals surface area contributed by atoms with Crippen molar-refractivity contribution in [3.8, 4) is 5.75 Å². The smallest absolute Gasteiger partial charge is 0.267 e. The summed E-state index contributed by atoms with van der Waals surface area (Å²) in [7, 11) is -3.11. The van der Waals surface area contributed by atoms with Crippen LogP contribution in [0.3, 0.4) is 0 Å². The van der Waals surface area contributed by atoms with Gasteiger partial charge in [0.05, 0.1) is 12.8 Å². The van der Waals surface area contributed by atoms with E-state index in [1.54, 1.807) is 12.1 Å². The highest BCUT2D eigenvalue weighted by Gasteiger charge is 2.25. The number of rotatable bonds is 4. The molecule has 2 rings (SSSR count). The fourth-order valence-corrected chi connectivity index (χ4v) is 2.95. The number of hydrogen-bond acceptors (Lipinski definition) is 4. The average Bonchev–Trinajstić information content (AvgIpc) is 2.37. The van der Waals surface area contributed by atoms with E-state index >= 15 is 0 Å². The number of para-hydroxylation sites is 2. The number of anilines is 2. The van der Waals surface area contributed by atoms with Crippen molar-refractivity contribution in [3.05, 3.63) is 48.0 Å². The lowest BCUT2D eigenvalue weighted by Crippen LogP contribution is -2.17. The van der Waals surface area contributed by atoms with Crippen molar-refractivity contribution in [2.24, 2.45) is 0 Å². The average molecular weight is 314 g/mol. The minimum absolute atomic E-state index is 0.0654. The summed E-state index contributed by atoms with van der Waals surface area (Å²) in [5.41, 5.74) is 5.11. The quantitative estimate of drug-likeness (QED) is 0.849. The number of benzene rings is 2. The largest absolute Gasteiger partial charge is 0.495 e. The van der Waals surface area contributed by atoms with Crippen molar-refractivity contribution < 1.29 is 21.9 Å². The van der Waals surface area contributed by atoms with Gasteiger partial charge in [-0.2, -0.15) is 0 Å². The number of methoxy groups -OCH3 is 1. The Morgan fingerprint density at radius 1 is 1.14 bits per heavy atom. The van der Waals surface area contributed by atoms with Gasteiger partial charge in [-0.25, -0.2) is 17.2 Å². The first-order valence-electron chi connectivity index (χ1n) is 5.75. The first kappa shape index (κ1) is 15.0. The third-order valence-electron chi connectivity index (χ3n) is 2.64. The molecule has 0 fully saturated rings. The van der Waals surface area contributed by atoms with Crippen molar-refractivity contribution in [3.63, 3.8) is 0 Å². The van der Waals surface area contributed by atoms with Crippen molar-refractivity contribution in [2.45, 2.75) is 4.90 Å². The molecule has 0 bridgehead atoms. The molecular formula is C13H12F2N2O3S. The third kappa shape index (κ3) is 3.05. The minimum atomic E-state index is -4.46. The molecule has 0 aliphatic rings. The van der Waals surface area contributed by atoms with Crippen molar-refractivity contribution in [1.82, 2.24) is 0 Å². The summed E-state index contributed by atoms with van der Waals surface area (Å²) >= 11 is 0. The molecule has 0 atom stereocenters. The molecule has 0 aliphatic heterocycles. The van der Waals surface area contributed by atoms with Crippen molar-refractivity contribution in [2.75, 3.05) is 17.6 Å². The van der Waals surface area contributed by atoms with Crippen LogP contribution in [0, 0.1) is 11.6 Å². The maximum Gasteiger partial charge on any atom is 0.267 e. The molecule has 0 heterocycles. The molecule has 3 N–H and O–H groups in total. The molecule has 112 valence electrons. The Labute approximate surface area is 120 Å². The van der Waals surface area contributed by atoms with Crippen LogP contribution in [0.4, 0.5) is 20.2 Å². The van der Waals surface area contributed by atoms with E-state index in [9.17, 15) is 17.2 Å². The van der Waals surface area contributed by atoms with E-state index in [0.29, 0.717) is 0 Å². The van der Waals surface area contributed by atoms with Gasteiger partial charge in [0.25, 0.3) is 10.0 Å². The van der Waals surface area contributed by atoms with Gasteiger partial charge in [0.1, 0.15) is 17.4 Å². The summed E-state index contributed by atoms with van der Waals surface area (Å²) in [6, 6.07) is 7.56. The number of hydrogen-bond donors (Lipinski definition) is 2. The Bertz CT molecular complexity index is 756. The fourth-order valence-electron chi connectivity index (χ4n) is 1.76. The predicted octanol–water partition coefficient (Wildman–Crippen LogP) is 2.36. The molecule has 0 saturated carbocycles. The third-order valence-corrected chi connectivity index (χ3v) is 4.06. The topological polar surface area (TPSA) is 81.4 Å². The highest BCUT2D eigenvalue weighted by Crippen LogP contribution is 2.28. The minimum Gasteiger partial charge on any atom is -0.495 e. The lowest BCUT2D eigenvalue weighted by Gasteiger charge is -2.12. The molecule has 0 unspecified atom stereocenters. The maximum atomic E-state index is 13.7. The van der Waals surface area contributed by atoms with Crippen molar-refractivity contribution in [1.29, 1.82) is 0 Å². The van der Waals surface area contributed by atoms with Crippen LogP contribution in [0.1, 0.15) is 0 Å². The zero-order chi connectivity index (χ0) is 15.6. The number of nitrogen functional groups attached to an aromatic ring is 1. The maximum absolute atomic E-state index is 13.7. The fraction of sp³-hybridized carbons (Fsp3) is 0.0769. The highest BCUT2D eigenvalue weighted by molar-refractivity contribution is 7.92. The summed E-state index contributed by atoms with van der Waals surface area (Å²) in [6.45, 7) is 0. The summed E-state index contributed by atoms with van der Waals surface area (Å²) in [5, 5.41) is 0. The molecule has 0 aliphatic carbocycles. The normalized spacial score (nSPS) is 11.2. The molecule has 0 radical (unpaired) electrons. The van der Waals surface area contributed by atoms with E-state index < -0.39 is 26.6 Å². The molecular weight excluding hydrogens is 302 g/mol. The Morgan fingerprint density at radius 2 is 1.71 bits per heavy atom. The Morgan fingerprint density at radius 3 is 2.29 bits per heavy atom. The molecule has 5 nitrogen and oxygen atoms in total. The van der Waals surface area contributed by atoms with Gasteiger partial charge in [-0.1, -0.05) is 12.1 Å². The van der Waals surface area contributed by atoms with Crippen LogP contribution in [0.15, 0.2) is 41.3 Å². The van der Waals surface area contributed by atoms with Gasteiger partial charge in [0.15, 0.2) is 4.90 Å². The molecule has 0 aromatic heterocycles. The SMILES string of the molecule is COc1ccccc1NS(=O)(=O)c1c(F)cc(N)cc1F. The predicted molar refractivity (Wildman–Crippen MR) is 74.6 cm³/mol. The Hall–Kier alpha value is -2.35. The summed E-state index contributed by atoms with van der Waals surface area (Å²) in [6.07, 6.45) is 0. The van der Waals surface area contributed by atoms with Crippen LogP contribution in [-0.4, -0.2) is 15.5 Å². The van der Waals surface area contributed by atoms with Gasteiger partial charge in [-0.05, 0) is 24.3 Å². The lowest BCUT2D eigenvalue weighted by atomic mass is 10.3. The van der Waals surface area contributed by atoms with E-state index in [2.05, 4.69) is 4.72 Å². The second kappa shape index (κ2) is 5.57. The van der Waals surface area contributed by atoms with Crippen LogP contribution in [0.5, 0.6) is 5.75 Å². The standard InChI is InChI=1S/C13H12F2N2O3S/c1-20-12-5-3-2-4-11(12)17-21(18,19)13-9(14)6-8(16)7-10(13)15/h2-7,17H,16H2,1H3. The van der Waals surface area contributed by atoms with E-state index in [1.165, 1.54) is 19.2 Å². The van der Waals surface area contributed by atoms with Gasteiger partial charge in [0.2, 0.25) is 0 Å². The van der Waals surface area contributed by atoms with Gasteiger partial charge in [0, 0.05) is 5.69 Å². The first-order chi connectivity index (χ1) is 9.85. The van der Waals surface area contributed by atoms with Gasteiger partial charge in [-0.3, -0.25) is 4.72 Å². The molecule has 2 aromatic carbocycles. The van der Waals surface area contributed by atoms with Crippen molar-refractivity contribution >= 4 is 21.4 Å². The number of sulfonamides is 1. The molecule has 8 heteroatoms. The van der Waals surface area contributed by atoms with Crippen LogP contribution < -0.4 is 15.2 Å². The number of nitrogens with one attached hydrogen (secondary N) is 1. The van der Waals surface area contributed by atoms with E-state index in [0.717, 1.165) is 12.1 Å². The summed E-state index contributed by atoms with van der Waals surface area (Å²) < 4.78 is 58.8. The zero-order valence-electron chi connectivity index (χ0n) is 10.9. The highest BCUT2D eigenvalue weighted by atomic mass is 32.2. The van der Waals surface area contributed by atoms with Crippen LogP contribution in [0.2, 0.25) is 0 Å². The summed E-state index contributed by atoms with van der Waals surface area (Å²) in [5.74, 6) is -2.32. The monoisotopic (exact) mass is 314 g/mol. The van der Waals surface area contributed by atoms with E-state index in [1.807, 2.05) is 0 Å². The molecule has 0 spiro atoms. The number of nitrogens with two attached hydrogens (primary N) is 1. The van der Waals surface area contributed by atoms with Crippen LogP contribution >= 0.6 is 0 Å². The van der Waals surface area contributed by atoms with Crippen LogP contribution in [-0.2, 0) is 10.0 Å². The molecule has 2 aromatic rings. The molecule has 0 saturated heterocycles. The van der Waals surface area contributed by atoms with Gasteiger partial charge >= 0.3 is 0 Å².